The SMILES string of the molecule is CC(C)(C)c1ccc(C2(C)NC(=O)N(Cc3ccc(F)cc3)C2=O)cc1. The summed E-state index contributed by atoms with van der Waals surface area (Å²) in [6.45, 7) is 8.19. The summed E-state index contributed by atoms with van der Waals surface area (Å²) >= 11 is 0. The van der Waals surface area contributed by atoms with Gasteiger partial charge in [0.25, 0.3) is 5.91 Å². The van der Waals surface area contributed by atoms with Gasteiger partial charge in [-0.15, -0.1) is 0 Å². The highest BCUT2D eigenvalue weighted by Crippen LogP contribution is 2.31. The molecule has 136 valence electrons. The molecular formula is C21H23FN2O2. The van der Waals surface area contributed by atoms with Gasteiger partial charge in [-0.05, 0) is 41.2 Å². The second-order valence-corrected chi connectivity index (χ2v) is 7.90. The van der Waals surface area contributed by atoms with Crippen molar-refractivity contribution in [2.24, 2.45) is 0 Å². The van der Waals surface area contributed by atoms with Crippen molar-refractivity contribution in [3.63, 3.8) is 0 Å². The Morgan fingerprint density at radius 3 is 2.12 bits per heavy atom. The van der Waals surface area contributed by atoms with E-state index in [0.29, 0.717) is 5.56 Å². The lowest BCUT2D eigenvalue weighted by atomic mass is 9.84. The van der Waals surface area contributed by atoms with Crippen LogP contribution in [0.1, 0.15) is 44.4 Å². The van der Waals surface area contributed by atoms with Gasteiger partial charge in [-0.25, -0.2) is 9.18 Å². The maximum atomic E-state index is 13.1. The number of hydrogen-bond donors (Lipinski definition) is 1. The number of nitrogens with one attached hydrogen (secondary N) is 1. The largest absolute Gasteiger partial charge is 0.325 e. The summed E-state index contributed by atoms with van der Waals surface area (Å²) in [5.74, 6) is -0.662. The minimum Gasteiger partial charge on any atom is -0.319 e. The third kappa shape index (κ3) is 3.21. The zero-order chi connectivity index (χ0) is 19.1. The number of imide groups is 1. The van der Waals surface area contributed by atoms with E-state index < -0.39 is 11.6 Å². The van der Waals surface area contributed by atoms with Crippen molar-refractivity contribution in [3.05, 3.63) is 71.0 Å². The summed E-state index contributed by atoms with van der Waals surface area (Å²) in [5, 5.41) is 2.80. The molecule has 5 heteroatoms. The number of benzene rings is 2. The van der Waals surface area contributed by atoms with Gasteiger partial charge in [0.15, 0.2) is 0 Å². The van der Waals surface area contributed by atoms with Crippen LogP contribution in [0.4, 0.5) is 9.18 Å². The predicted molar refractivity (Wildman–Crippen MR) is 98.0 cm³/mol. The van der Waals surface area contributed by atoms with Gasteiger partial charge in [0.1, 0.15) is 11.4 Å². The smallest absolute Gasteiger partial charge is 0.319 e. The number of carbonyl (C=O) groups is 2. The maximum Gasteiger partial charge on any atom is 0.325 e. The summed E-state index contributed by atoms with van der Waals surface area (Å²) in [4.78, 5) is 26.5. The summed E-state index contributed by atoms with van der Waals surface area (Å²) in [7, 11) is 0. The zero-order valence-electron chi connectivity index (χ0n) is 15.5. The normalized spacial score (nSPS) is 20.4. The van der Waals surface area contributed by atoms with Crippen LogP contribution in [0.3, 0.4) is 0 Å². The Hall–Kier alpha value is -2.69. The molecule has 1 aliphatic heterocycles. The number of halogens is 1. The van der Waals surface area contributed by atoms with Crippen LogP contribution in [-0.2, 0) is 22.3 Å². The summed E-state index contributed by atoms with van der Waals surface area (Å²) < 4.78 is 13.1. The van der Waals surface area contributed by atoms with Gasteiger partial charge < -0.3 is 5.32 Å². The Morgan fingerprint density at radius 1 is 1.00 bits per heavy atom. The Balaban J connectivity index is 1.85. The lowest BCUT2D eigenvalue weighted by Crippen LogP contribution is -2.40. The van der Waals surface area contributed by atoms with Gasteiger partial charge in [0, 0.05) is 0 Å². The topological polar surface area (TPSA) is 49.4 Å². The van der Waals surface area contributed by atoms with Crippen molar-refractivity contribution in [1.82, 2.24) is 10.2 Å². The lowest BCUT2D eigenvalue weighted by Gasteiger charge is -2.24. The Kier molecular flexibility index (Phi) is 4.34. The highest BCUT2D eigenvalue weighted by molar-refractivity contribution is 6.07. The second kappa shape index (κ2) is 6.24. The van der Waals surface area contributed by atoms with Crippen LogP contribution in [-0.4, -0.2) is 16.8 Å². The number of urea groups is 1. The maximum absolute atomic E-state index is 13.1. The molecule has 1 atom stereocenters. The van der Waals surface area contributed by atoms with E-state index in [1.54, 1.807) is 19.1 Å². The molecule has 1 fully saturated rings. The molecule has 1 saturated heterocycles. The van der Waals surface area contributed by atoms with Crippen LogP contribution in [0.5, 0.6) is 0 Å². The molecule has 4 nitrogen and oxygen atoms in total. The third-order valence-corrected chi connectivity index (χ3v) is 4.86. The van der Waals surface area contributed by atoms with E-state index in [1.807, 2.05) is 24.3 Å². The van der Waals surface area contributed by atoms with Gasteiger partial charge in [0.05, 0.1) is 6.54 Å². The van der Waals surface area contributed by atoms with E-state index in [2.05, 4.69) is 26.1 Å². The van der Waals surface area contributed by atoms with E-state index in [9.17, 15) is 14.0 Å². The quantitative estimate of drug-likeness (QED) is 0.844. The summed E-state index contributed by atoms with van der Waals surface area (Å²) in [5.41, 5.74) is 1.50. The minimum absolute atomic E-state index is 0.0109. The molecule has 26 heavy (non-hydrogen) atoms. The first kappa shape index (κ1) is 18.1. The molecule has 0 aliphatic carbocycles. The molecule has 2 aromatic carbocycles. The number of rotatable bonds is 3. The highest BCUT2D eigenvalue weighted by atomic mass is 19.1. The summed E-state index contributed by atoms with van der Waals surface area (Å²) in [6, 6.07) is 13.1. The van der Waals surface area contributed by atoms with Crippen LogP contribution < -0.4 is 5.32 Å². The molecule has 2 aromatic rings. The molecule has 1 N–H and O–H groups in total. The number of amides is 3. The molecule has 1 unspecified atom stereocenters. The molecule has 0 aromatic heterocycles. The van der Waals surface area contributed by atoms with Crippen LogP contribution in [0.25, 0.3) is 0 Å². The Labute approximate surface area is 153 Å². The highest BCUT2D eigenvalue weighted by Gasteiger charge is 2.48. The molecule has 0 radical (unpaired) electrons. The van der Waals surface area contributed by atoms with Crippen molar-refractivity contribution in [1.29, 1.82) is 0 Å². The van der Waals surface area contributed by atoms with Crippen LogP contribution in [0.2, 0.25) is 0 Å². The van der Waals surface area contributed by atoms with Crippen molar-refractivity contribution < 1.29 is 14.0 Å². The molecule has 1 heterocycles. The molecule has 3 rings (SSSR count). The van der Waals surface area contributed by atoms with Gasteiger partial charge in [-0.1, -0.05) is 57.2 Å². The second-order valence-electron chi connectivity index (χ2n) is 7.90. The van der Waals surface area contributed by atoms with E-state index >= 15 is 0 Å². The van der Waals surface area contributed by atoms with Gasteiger partial charge >= 0.3 is 6.03 Å². The first-order valence-electron chi connectivity index (χ1n) is 8.61. The predicted octanol–water partition coefficient (Wildman–Crippen LogP) is 4.09. The fraction of sp³-hybridized carbons (Fsp3) is 0.333. The monoisotopic (exact) mass is 354 g/mol. The zero-order valence-corrected chi connectivity index (χ0v) is 15.5. The molecule has 1 aliphatic rings. The third-order valence-electron chi connectivity index (χ3n) is 4.86. The molecule has 0 bridgehead atoms. The average Bonchev–Trinajstić information content (AvgIpc) is 2.80. The fourth-order valence-corrected chi connectivity index (χ4v) is 3.11. The van der Waals surface area contributed by atoms with E-state index in [-0.39, 0.29) is 23.7 Å². The molecule has 0 spiro atoms. The molecule has 3 amide bonds. The van der Waals surface area contributed by atoms with Crippen molar-refractivity contribution >= 4 is 11.9 Å². The van der Waals surface area contributed by atoms with Gasteiger partial charge in [0.2, 0.25) is 0 Å². The van der Waals surface area contributed by atoms with Crippen molar-refractivity contribution in [3.8, 4) is 0 Å². The van der Waals surface area contributed by atoms with E-state index in [0.717, 1.165) is 11.1 Å². The van der Waals surface area contributed by atoms with E-state index in [1.165, 1.54) is 17.0 Å². The molecular weight excluding hydrogens is 331 g/mol. The van der Waals surface area contributed by atoms with Gasteiger partial charge in [-0.2, -0.15) is 0 Å². The molecule has 0 saturated carbocycles. The lowest BCUT2D eigenvalue weighted by molar-refractivity contribution is -0.131. The van der Waals surface area contributed by atoms with Crippen LogP contribution >= 0.6 is 0 Å². The van der Waals surface area contributed by atoms with Gasteiger partial charge in [-0.3, -0.25) is 9.69 Å². The standard InChI is InChI=1S/C21H23FN2O2/c1-20(2,3)15-7-9-16(10-8-15)21(4)18(25)24(19(26)23-21)13-14-5-11-17(22)12-6-14/h5-12H,13H2,1-4H3,(H,23,26). The fourth-order valence-electron chi connectivity index (χ4n) is 3.11. The van der Waals surface area contributed by atoms with Crippen LogP contribution in [0, 0.1) is 5.82 Å². The summed E-state index contributed by atoms with van der Waals surface area (Å²) in [6.07, 6.45) is 0. The van der Waals surface area contributed by atoms with Crippen LogP contribution in [0.15, 0.2) is 48.5 Å². The van der Waals surface area contributed by atoms with Crippen molar-refractivity contribution in [2.45, 2.75) is 45.2 Å². The first-order chi connectivity index (χ1) is 12.1. The Morgan fingerprint density at radius 2 is 1.58 bits per heavy atom. The minimum atomic E-state index is -1.10. The average molecular weight is 354 g/mol. The number of hydrogen-bond acceptors (Lipinski definition) is 2. The van der Waals surface area contributed by atoms with E-state index in [4.69, 9.17) is 0 Å². The number of nitrogens with zero attached hydrogens (tertiary/aromatic N) is 1. The first-order valence-corrected chi connectivity index (χ1v) is 8.61. The number of carbonyl (C=O) groups excluding carboxylic acids is 2. The van der Waals surface area contributed by atoms with Crippen molar-refractivity contribution in [2.75, 3.05) is 0 Å². The Bertz CT molecular complexity index is 838.